The number of rotatable bonds is 4. The van der Waals surface area contributed by atoms with Crippen LogP contribution in [0.15, 0.2) is 41.7 Å². The van der Waals surface area contributed by atoms with E-state index in [-0.39, 0.29) is 11.6 Å². The van der Waals surface area contributed by atoms with Gasteiger partial charge in [0.25, 0.3) is 5.56 Å². The van der Waals surface area contributed by atoms with Crippen LogP contribution in [0.3, 0.4) is 0 Å². The average Bonchev–Trinajstić information content (AvgIpc) is 3.33. The van der Waals surface area contributed by atoms with Crippen molar-refractivity contribution in [2.45, 2.75) is 25.8 Å². The summed E-state index contributed by atoms with van der Waals surface area (Å²) in [7, 11) is 0. The third-order valence-electron chi connectivity index (χ3n) is 4.53. The molecule has 1 fully saturated rings. The molecule has 26 heavy (non-hydrogen) atoms. The average molecular weight is 388 g/mol. The van der Waals surface area contributed by atoms with Crippen LogP contribution < -0.4 is 10.5 Å². The Morgan fingerprint density at radius 2 is 2.04 bits per heavy atom. The van der Waals surface area contributed by atoms with Gasteiger partial charge in [0.1, 0.15) is 16.5 Å². The first-order valence-corrected chi connectivity index (χ1v) is 9.72. The quantitative estimate of drug-likeness (QED) is 0.684. The number of anilines is 1. The van der Waals surface area contributed by atoms with Crippen molar-refractivity contribution >= 4 is 28.8 Å². The Bertz CT molecular complexity index is 979. The van der Waals surface area contributed by atoms with E-state index in [2.05, 4.69) is 14.9 Å². The predicted molar refractivity (Wildman–Crippen MR) is 104 cm³/mol. The minimum atomic E-state index is -0.129. The van der Waals surface area contributed by atoms with Gasteiger partial charge in [0, 0.05) is 41.4 Å². The number of halogens is 1. The maximum Gasteiger partial charge on any atom is 0.252 e. The van der Waals surface area contributed by atoms with Gasteiger partial charge in [-0.3, -0.25) is 9.78 Å². The summed E-state index contributed by atoms with van der Waals surface area (Å²) in [5.41, 5.74) is 0.636. The molecule has 0 radical (unpaired) electrons. The minimum Gasteiger partial charge on any atom is -0.355 e. The molecule has 134 valence electrons. The van der Waals surface area contributed by atoms with E-state index in [0.29, 0.717) is 5.02 Å². The fraction of sp³-hybridized carbons (Fsp3) is 0.333. The Hall–Kier alpha value is -2.25. The molecule has 0 N–H and O–H groups in total. The van der Waals surface area contributed by atoms with E-state index in [0.717, 1.165) is 34.5 Å². The molecule has 3 aromatic rings. The van der Waals surface area contributed by atoms with Crippen LogP contribution >= 0.6 is 22.9 Å². The molecule has 0 saturated carbocycles. The Kier molecular flexibility index (Phi) is 4.74. The van der Waals surface area contributed by atoms with Gasteiger partial charge in [-0.15, -0.1) is 11.3 Å². The summed E-state index contributed by atoms with van der Waals surface area (Å²) in [6.45, 7) is 4.02. The lowest BCUT2D eigenvalue weighted by molar-refractivity contribution is 0.624. The monoisotopic (exact) mass is 387 g/mol. The van der Waals surface area contributed by atoms with Crippen LogP contribution in [0.4, 0.5) is 5.82 Å². The van der Waals surface area contributed by atoms with Crippen molar-refractivity contribution in [3.8, 4) is 10.7 Å². The molecule has 1 aliphatic rings. The van der Waals surface area contributed by atoms with Gasteiger partial charge < -0.3 is 9.47 Å². The van der Waals surface area contributed by atoms with Crippen molar-refractivity contribution in [2.24, 2.45) is 0 Å². The first kappa shape index (κ1) is 17.2. The van der Waals surface area contributed by atoms with E-state index in [4.69, 9.17) is 16.6 Å². The van der Waals surface area contributed by atoms with Crippen LogP contribution in [0, 0.1) is 0 Å². The van der Waals surface area contributed by atoms with Gasteiger partial charge in [0.05, 0.1) is 18.4 Å². The molecule has 0 aromatic carbocycles. The smallest absolute Gasteiger partial charge is 0.252 e. The fourth-order valence-corrected chi connectivity index (χ4v) is 4.15. The van der Waals surface area contributed by atoms with E-state index in [1.807, 2.05) is 6.92 Å². The predicted octanol–water partition coefficient (Wildman–Crippen LogP) is 3.62. The minimum absolute atomic E-state index is 0.124. The third-order valence-corrected chi connectivity index (χ3v) is 5.96. The number of aromatic nitrogens is 4. The van der Waals surface area contributed by atoms with Crippen molar-refractivity contribution < 1.29 is 0 Å². The number of hydrogen-bond donors (Lipinski definition) is 0. The highest BCUT2D eigenvalue weighted by atomic mass is 35.5. The molecule has 4 rings (SSSR count). The van der Waals surface area contributed by atoms with Crippen LogP contribution in [0.1, 0.15) is 30.7 Å². The summed E-state index contributed by atoms with van der Waals surface area (Å²) < 4.78 is 1.65. The normalized spacial score (nSPS) is 15.4. The standard InChI is InChI=1S/C18H18ClN5OS/c1-12(24-7-4-13(19)8-17(24)25)15-10-21-18(26-15)14-9-20-11-16(22-14)23-5-2-3-6-23/h4,7-12H,2-3,5-6H2,1H3. The van der Waals surface area contributed by atoms with Gasteiger partial charge in [-0.1, -0.05) is 11.6 Å². The Morgan fingerprint density at radius 3 is 2.81 bits per heavy atom. The molecule has 1 atom stereocenters. The zero-order chi connectivity index (χ0) is 18.1. The second-order valence-corrected chi connectivity index (χ2v) is 7.79. The Labute approximate surface area is 160 Å². The lowest BCUT2D eigenvalue weighted by Gasteiger charge is -2.15. The second kappa shape index (κ2) is 7.17. The zero-order valence-corrected chi connectivity index (χ0v) is 15.9. The summed E-state index contributed by atoms with van der Waals surface area (Å²) in [4.78, 5) is 29.0. The summed E-state index contributed by atoms with van der Waals surface area (Å²) in [5, 5.41) is 1.25. The fourth-order valence-electron chi connectivity index (χ4n) is 3.08. The SMILES string of the molecule is CC(c1cnc(-c2cncc(N3CCCC3)n2)s1)n1ccc(Cl)cc1=O. The van der Waals surface area contributed by atoms with Crippen molar-refractivity contribution in [1.82, 2.24) is 19.5 Å². The van der Waals surface area contributed by atoms with Crippen molar-refractivity contribution in [1.29, 1.82) is 0 Å². The number of hydrogen-bond acceptors (Lipinski definition) is 6. The summed E-state index contributed by atoms with van der Waals surface area (Å²) in [6.07, 6.45) is 9.44. The van der Waals surface area contributed by atoms with Crippen LogP contribution in [0.5, 0.6) is 0 Å². The zero-order valence-electron chi connectivity index (χ0n) is 14.3. The van der Waals surface area contributed by atoms with E-state index in [9.17, 15) is 4.79 Å². The molecule has 4 heterocycles. The van der Waals surface area contributed by atoms with Crippen molar-refractivity contribution in [3.05, 3.63) is 57.2 Å². The molecular weight excluding hydrogens is 370 g/mol. The highest BCUT2D eigenvalue weighted by molar-refractivity contribution is 7.15. The van der Waals surface area contributed by atoms with Gasteiger partial charge in [0.2, 0.25) is 0 Å². The molecular formula is C18H18ClN5OS. The van der Waals surface area contributed by atoms with Crippen LogP contribution in [-0.2, 0) is 0 Å². The highest BCUT2D eigenvalue weighted by Gasteiger charge is 2.17. The van der Waals surface area contributed by atoms with Crippen LogP contribution in [-0.4, -0.2) is 32.6 Å². The molecule has 1 aliphatic heterocycles. The molecule has 3 aromatic heterocycles. The van der Waals surface area contributed by atoms with E-state index < -0.39 is 0 Å². The first-order valence-electron chi connectivity index (χ1n) is 8.52. The summed E-state index contributed by atoms with van der Waals surface area (Å²) in [5.74, 6) is 0.902. The van der Waals surface area contributed by atoms with Crippen molar-refractivity contribution in [3.63, 3.8) is 0 Å². The maximum atomic E-state index is 12.2. The van der Waals surface area contributed by atoms with Gasteiger partial charge in [-0.05, 0) is 25.8 Å². The molecule has 0 amide bonds. The van der Waals surface area contributed by atoms with Crippen molar-refractivity contribution in [2.75, 3.05) is 18.0 Å². The van der Waals surface area contributed by atoms with E-state index in [1.165, 1.54) is 30.2 Å². The first-order chi connectivity index (χ1) is 12.6. The molecule has 8 heteroatoms. The molecule has 1 saturated heterocycles. The molecule has 6 nitrogen and oxygen atoms in total. The van der Waals surface area contributed by atoms with E-state index >= 15 is 0 Å². The second-order valence-electron chi connectivity index (χ2n) is 6.29. The molecule has 1 unspecified atom stereocenters. The maximum absolute atomic E-state index is 12.2. The topological polar surface area (TPSA) is 63.9 Å². The largest absolute Gasteiger partial charge is 0.355 e. The van der Waals surface area contributed by atoms with Gasteiger partial charge in [-0.25, -0.2) is 9.97 Å². The molecule has 0 bridgehead atoms. The van der Waals surface area contributed by atoms with Gasteiger partial charge >= 0.3 is 0 Å². The Balaban J connectivity index is 1.61. The third kappa shape index (κ3) is 3.37. The van der Waals surface area contributed by atoms with Gasteiger partial charge in [0.15, 0.2) is 0 Å². The van der Waals surface area contributed by atoms with Crippen LogP contribution in [0.2, 0.25) is 5.02 Å². The van der Waals surface area contributed by atoms with Crippen LogP contribution in [0.25, 0.3) is 10.7 Å². The number of pyridine rings is 1. The van der Waals surface area contributed by atoms with Gasteiger partial charge in [-0.2, -0.15) is 0 Å². The summed E-state index contributed by atoms with van der Waals surface area (Å²) >= 11 is 7.41. The molecule has 0 aliphatic carbocycles. The lowest BCUT2D eigenvalue weighted by Crippen LogP contribution is -2.21. The molecule has 0 spiro atoms. The highest BCUT2D eigenvalue weighted by Crippen LogP contribution is 2.30. The summed E-state index contributed by atoms with van der Waals surface area (Å²) in [6, 6.07) is 3.01. The number of nitrogens with zero attached hydrogens (tertiary/aromatic N) is 5. The lowest BCUT2D eigenvalue weighted by atomic mass is 10.3. The number of thiazole rings is 1. The Morgan fingerprint density at radius 1 is 1.23 bits per heavy atom. The van der Waals surface area contributed by atoms with E-state index in [1.54, 1.807) is 35.4 Å².